The van der Waals surface area contributed by atoms with Gasteiger partial charge in [0.25, 0.3) is 0 Å². The topological polar surface area (TPSA) is 144 Å². The Kier molecular flexibility index (Phi) is 12.0. The second-order valence-electron chi connectivity index (χ2n) is 13.5. The second kappa shape index (κ2) is 17.4. The molecule has 1 heterocycles. The van der Waals surface area contributed by atoms with Crippen molar-refractivity contribution in [1.82, 2.24) is 0 Å². The van der Waals surface area contributed by atoms with Crippen LogP contribution in [-0.2, 0) is 14.2 Å². The fourth-order valence-electron chi connectivity index (χ4n) is 5.87. The first-order valence-corrected chi connectivity index (χ1v) is 18.0. The average Bonchev–Trinajstić information content (AvgIpc) is 3.49. The zero-order valence-electron chi connectivity index (χ0n) is 32.4. The van der Waals surface area contributed by atoms with E-state index in [2.05, 4.69) is 21.3 Å². The van der Waals surface area contributed by atoms with Crippen LogP contribution in [0, 0.1) is 27.7 Å². The predicted octanol–water partition coefficient (Wildman–Crippen LogP) is 10.5. The lowest BCUT2D eigenvalue weighted by Gasteiger charge is -2.18. The lowest BCUT2D eigenvalue weighted by molar-refractivity contribution is 0.0442. The SMILES string of the molecule is COC(=O)c1cc(Nc2ccc(C)cc2)c(Nc2ccc(C)cc2)cc1C(=O)OC.Cc1ccc(Nc2cc3c(cc2Nc2ccc(C)cc2)C(=O)OC3=O)cc1. The smallest absolute Gasteiger partial charge is 0.346 e. The van der Waals surface area contributed by atoms with Gasteiger partial charge in [0.05, 0.1) is 59.2 Å². The van der Waals surface area contributed by atoms with Crippen LogP contribution >= 0.6 is 0 Å². The minimum atomic E-state index is -0.621. The van der Waals surface area contributed by atoms with Gasteiger partial charge >= 0.3 is 23.9 Å². The molecular formula is C46H42N4O7. The molecule has 4 N–H and O–H groups in total. The molecule has 6 aromatic rings. The largest absolute Gasteiger partial charge is 0.465 e. The average molecular weight is 763 g/mol. The van der Waals surface area contributed by atoms with Gasteiger partial charge in [-0.1, -0.05) is 70.8 Å². The van der Waals surface area contributed by atoms with Crippen LogP contribution in [0.2, 0.25) is 0 Å². The Morgan fingerprint density at radius 1 is 0.421 bits per heavy atom. The first-order chi connectivity index (χ1) is 27.4. The highest BCUT2D eigenvalue weighted by Crippen LogP contribution is 2.36. The molecule has 0 aliphatic carbocycles. The molecule has 0 amide bonds. The van der Waals surface area contributed by atoms with E-state index < -0.39 is 23.9 Å². The molecule has 11 heteroatoms. The first kappa shape index (κ1) is 39.3. The van der Waals surface area contributed by atoms with E-state index in [1.54, 1.807) is 24.3 Å². The third kappa shape index (κ3) is 9.65. The van der Waals surface area contributed by atoms with Gasteiger partial charge < -0.3 is 35.5 Å². The molecule has 0 saturated heterocycles. The molecule has 0 bridgehead atoms. The molecule has 1 aliphatic rings. The van der Waals surface area contributed by atoms with Crippen molar-refractivity contribution < 1.29 is 33.4 Å². The molecule has 0 atom stereocenters. The number of esters is 4. The maximum Gasteiger partial charge on any atom is 0.346 e. The number of fused-ring (bicyclic) bond motifs is 1. The van der Waals surface area contributed by atoms with E-state index in [0.29, 0.717) is 22.7 Å². The van der Waals surface area contributed by atoms with Gasteiger partial charge in [-0.2, -0.15) is 0 Å². The monoisotopic (exact) mass is 762 g/mol. The van der Waals surface area contributed by atoms with Crippen LogP contribution in [-0.4, -0.2) is 38.1 Å². The third-order valence-electron chi connectivity index (χ3n) is 9.07. The van der Waals surface area contributed by atoms with Gasteiger partial charge in [0.2, 0.25) is 0 Å². The molecule has 0 aromatic heterocycles. The summed E-state index contributed by atoms with van der Waals surface area (Å²) in [5.41, 5.74) is 11.4. The highest BCUT2D eigenvalue weighted by molar-refractivity contribution is 6.16. The highest BCUT2D eigenvalue weighted by atomic mass is 16.6. The van der Waals surface area contributed by atoms with Crippen molar-refractivity contribution in [1.29, 1.82) is 0 Å². The van der Waals surface area contributed by atoms with Gasteiger partial charge in [-0.15, -0.1) is 0 Å². The molecule has 6 aromatic carbocycles. The normalized spacial score (nSPS) is 11.3. The van der Waals surface area contributed by atoms with Crippen LogP contribution in [0.15, 0.2) is 121 Å². The molecule has 0 radical (unpaired) electrons. The Morgan fingerprint density at radius 2 is 0.667 bits per heavy atom. The summed E-state index contributed by atoms with van der Waals surface area (Å²) in [5, 5.41) is 13.3. The first-order valence-electron chi connectivity index (χ1n) is 18.0. The summed E-state index contributed by atoms with van der Waals surface area (Å²) >= 11 is 0. The molecule has 11 nitrogen and oxygen atoms in total. The van der Waals surface area contributed by atoms with Gasteiger partial charge in [0.1, 0.15) is 0 Å². The van der Waals surface area contributed by atoms with E-state index in [9.17, 15) is 19.2 Å². The lowest BCUT2D eigenvalue weighted by Crippen LogP contribution is -2.13. The zero-order valence-corrected chi connectivity index (χ0v) is 32.4. The van der Waals surface area contributed by atoms with Crippen LogP contribution in [0.5, 0.6) is 0 Å². The number of cyclic esters (lactones) is 2. The number of carbonyl (C=O) groups is 4. The summed E-state index contributed by atoms with van der Waals surface area (Å²) in [6, 6.07) is 38.0. The van der Waals surface area contributed by atoms with E-state index in [1.807, 2.05) is 125 Å². The van der Waals surface area contributed by atoms with Crippen LogP contribution in [0.3, 0.4) is 0 Å². The lowest BCUT2D eigenvalue weighted by atomic mass is 10.0. The molecule has 7 rings (SSSR count). The third-order valence-corrected chi connectivity index (χ3v) is 9.07. The van der Waals surface area contributed by atoms with E-state index in [4.69, 9.17) is 14.2 Å². The second-order valence-corrected chi connectivity index (χ2v) is 13.5. The number of anilines is 8. The predicted molar refractivity (Wildman–Crippen MR) is 223 cm³/mol. The quantitative estimate of drug-likeness (QED) is 0.0601. The minimum absolute atomic E-state index is 0.119. The number of rotatable bonds is 10. The molecule has 57 heavy (non-hydrogen) atoms. The molecule has 0 fully saturated rings. The highest BCUT2D eigenvalue weighted by Gasteiger charge is 2.31. The van der Waals surface area contributed by atoms with Crippen molar-refractivity contribution in [3.8, 4) is 0 Å². The number of methoxy groups -OCH3 is 2. The fraction of sp³-hybridized carbons (Fsp3) is 0.130. The standard InChI is InChI=1S/C24H24N2O4.C22H18N2O3/c1-15-5-9-17(10-6-15)25-21-13-19(23(27)29-3)20(24(28)30-4)14-22(21)26-18-11-7-16(2)8-12-18;1-13-3-7-15(8-4-13)23-19-11-17-18(22(26)27-21(17)25)12-20(19)24-16-9-5-14(2)6-10-16/h5-14,25-26H,1-4H3;3-12,23-24H,1-2H3. The molecule has 0 unspecified atom stereocenters. The Hall–Kier alpha value is -7.40. The minimum Gasteiger partial charge on any atom is -0.465 e. The maximum atomic E-state index is 12.3. The van der Waals surface area contributed by atoms with Crippen molar-refractivity contribution in [2.24, 2.45) is 0 Å². The zero-order chi connectivity index (χ0) is 40.6. The Bertz CT molecular complexity index is 2270. The summed E-state index contributed by atoms with van der Waals surface area (Å²) in [7, 11) is 2.55. The molecule has 1 aliphatic heterocycles. The van der Waals surface area contributed by atoms with Gasteiger partial charge in [-0.3, -0.25) is 0 Å². The summed E-state index contributed by atoms with van der Waals surface area (Å²) in [6.45, 7) is 8.06. The van der Waals surface area contributed by atoms with E-state index in [0.717, 1.165) is 45.0 Å². The van der Waals surface area contributed by atoms with E-state index in [1.165, 1.54) is 14.2 Å². The maximum absolute atomic E-state index is 12.3. The van der Waals surface area contributed by atoms with Crippen LogP contribution in [0.1, 0.15) is 63.7 Å². The summed E-state index contributed by atoms with van der Waals surface area (Å²) in [4.78, 5) is 48.5. The summed E-state index contributed by atoms with van der Waals surface area (Å²) < 4.78 is 14.5. The van der Waals surface area contributed by atoms with Crippen molar-refractivity contribution in [2.75, 3.05) is 35.5 Å². The number of aryl methyl sites for hydroxylation is 4. The van der Waals surface area contributed by atoms with Crippen molar-refractivity contribution in [3.63, 3.8) is 0 Å². The van der Waals surface area contributed by atoms with Gasteiger partial charge in [0, 0.05) is 22.7 Å². The molecule has 0 saturated carbocycles. The number of hydrogen-bond acceptors (Lipinski definition) is 11. The summed E-state index contributed by atoms with van der Waals surface area (Å²) in [6.07, 6.45) is 0. The molecule has 0 spiro atoms. The van der Waals surface area contributed by atoms with E-state index in [-0.39, 0.29) is 22.3 Å². The van der Waals surface area contributed by atoms with E-state index >= 15 is 0 Å². The number of carbonyl (C=O) groups excluding carboxylic acids is 4. The Labute approximate surface area is 331 Å². The number of benzene rings is 6. The van der Waals surface area contributed by atoms with Crippen LogP contribution < -0.4 is 21.3 Å². The van der Waals surface area contributed by atoms with Crippen molar-refractivity contribution >= 4 is 69.4 Å². The molecular weight excluding hydrogens is 721 g/mol. The molecule has 288 valence electrons. The summed E-state index contributed by atoms with van der Waals surface area (Å²) in [5.74, 6) is -2.49. The van der Waals surface area contributed by atoms with Crippen LogP contribution in [0.25, 0.3) is 0 Å². The fourth-order valence-corrected chi connectivity index (χ4v) is 5.87. The van der Waals surface area contributed by atoms with Crippen molar-refractivity contribution in [3.05, 3.63) is 166 Å². The van der Waals surface area contributed by atoms with Gasteiger partial charge in [0.15, 0.2) is 0 Å². The van der Waals surface area contributed by atoms with Crippen molar-refractivity contribution in [2.45, 2.75) is 27.7 Å². The number of ether oxygens (including phenoxy) is 3. The van der Waals surface area contributed by atoms with Crippen LogP contribution in [0.4, 0.5) is 45.5 Å². The van der Waals surface area contributed by atoms with Gasteiger partial charge in [-0.25, -0.2) is 19.2 Å². The Balaban J connectivity index is 0.000000194. The number of hydrogen-bond donors (Lipinski definition) is 4. The number of nitrogens with one attached hydrogen (secondary N) is 4. The van der Waals surface area contributed by atoms with Gasteiger partial charge in [-0.05, 0) is 100 Å². The Morgan fingerprint density at radius 3 is 0.912 bits per heavy atom.